The van der Waals surface area contributed by atoms with Crippen molar-refractivity contribution < 1.29 is 0 Å². The average Bonchev–Trinajstić information content (AvgIpc) is 2.43. The van der Waals surface area contributed by atoms with Gasteiger partial charge in [-0.1, -0.05) is 60.4 Å². The van der Waals surface area contributed by atoms with E-state index < -0.39 is 0 Å². The lowest BCUT2D eigenvalue weighted by Crippen LogP contribution is -2.32. The number of thioether (sulfide) groups is 1. The quantitative estimate of drug-likeness (QED) is 0.725. The van der Waals surface area contributed by atoms with Crippen molar-refractivity contribution in [3.8, 4) is 0 Å². The highest BCUT2D eigenvalue weighted by molar-refractivity contribution is 8.14. The molecule has 20 heavy (non-hydrogen) atoms. The van der Waals surface area contributed by atoms with E-state index in [1.165, 1.54) is 0 Å². The Balaban J connectivity index is 2.15. The fourth-order valence-corrected chi connectivity index (χ4v) is 4.26. The Morgan fingerprint density at radius 2 is 1.80 bits per heavy atom. The molecule has 0 spiro atoms. The number of hydrogen-bond donors (Lipinski definition) is 1. The second-order valence-corrected chi connectivity index (χ2v) is 7.20. The Labute approximate surface area is 139 Å². The van der Waals surface area contributed by atoms with Gasteiger partial charge in [0.1, 0.15) is 0 Å². The molecule has 2 rings (SSSR count). The van der Waals surface area contributed by atoms with Crippen LogP contribution in [0.2, 0.25) is 15.1 Å². The summed E-state index contributed by atoms with van der Waals surface area (Å²) in [6, 6.07) is 3.35. The van der Waals surface area contributed by atoms with Gasteiger partial charge in [-0.15, -0.1) is 0 Å². The smallest absolute Gasteiger partial charge is 0.161 e. The number of nitrogens with zero attached hydrogens (tertiary/aromatic N) is 1. The van der Waals surface area contributed by atoms with Gasteiger partial charge in [-0.05, 0) is 30.4 Å². The summed E-state index contributed by atoms with van der Waals surface area (Å²) >= 11 is 20.0. The molecule has 0 saturated heterocycles. The fourth-order valence-electron chi connectivity index (χ4n) is 2.07. The van der Waals surface area contributed by atoms with Crippen LogP contribution in [0.25, 0.3) is 0 Å². The monoisotopic (exact) mass is 350 g/mol. The lowest BCUT2D eigenvalue weighted by atomic mass is 9.84. The van der Waals surface area contributed by atoms with Crippen molar-refractivity contribution in [1.82, 2.24) is 0 Å². The molecule has 1 aromatic carbocycles. The third-order valence-electron chi connectivity index (χ3n) is 3.81. The average molecular weight is 352 g/mol. The van der Waals surface area contributed by atoms with E-state index in [-0.39, 0.29) is 0 Å². The van der Waals surface area contributed by atoms with E-state index in [1.807, 2.05) is 0 Å². The largest absolute Gasteiger partial charge is 0.333 e. The van der Waals surface area contributed by atoms with Crippen molar-refractivity contribution in [1.29, 1.82) is 0 Å². The normalized spacial score (nSPS) is 17.8. The van der Waals surface area contributed by atoms with Crippen LogP contribution >= 0.6 is 46.6 Å². The van der Waals surface area contributed by atoms with Crippen LogP contribution in [0.3, 0.4) is 0 Å². The zero-order chi connectivity index (χ0) is 14.8. The number of aliphatic imine (C=N–C) groups is 1. The second-order valence-electron chi connectivity index (χ2n) is 4.99. The van der Waals surface area contributed by atoms with Crippen LogP contribution in [0, 0.1) is 5.41 Å². The summed E-state index contributed by atoms with van der Waals surface area (Å²) in [5.41, 5.74) is 0.994. The van der Waals surface area contributed by atoms with Gasteiger partial charge in [-0.3, -0.25) is 4.99 Å². The second kappa shape index (κ2) is 6.78. The SMILES string of the molecule is CCC1(CC)CN=C(Nc2c(Cl)cc(Cl)cc2Cl)SC1. The highest BCUT2D eigenvalue weighted by Crippen LogP contribution is 2.38. The number of amidine groups is 1. The standard InChI is InChI=1S/C14H17Cl3N2S/c1-3-14(4-2)7-18-13(20-8-14)19-12-10(16)5-9(15)6-11(12)17/h5-6H,3-4,7-8H2,1-2H3,(H,18,19). The van der Waals surface area contributed by atoms with E-state index in [4.69, 9.17) is 34.8 Å². The van der Waals surface area contributed by atoms with Gasteiger partial charge in [-0.2, -0.15) is 0 Å². The summed E-state index contributed by atoms with van der Waals surface area (Å²) in [6.45, 7) is 5.30. The molecule has 110 valence electrons. The summed E-state index contributed by atoms with van der Waals surface area (Å²) in [7, 11) is 0. The molecule has 0 aliphatic carbocycles. The first-order valence-corrected chi connectivity index (χ1v) is 8.70. The number of rotatable bonds is 3. The van der Waals surface area contributed by atoms with Crippen molar-refractivity contribution in [3.63, 3.8) is 0 Å². The molecule has 0 fully saturated rings. The van der Waals surface area contributed by atoms with Crippen molar-refractivity contribution in [2.45, 2.75) is 26.7 Å². The molecule has 1 heterocycles. The molecule has 0 unspecified atom stereocenters. The molecule has 6 heteroatoms. The first-order valence-electron chi connectivity index (χ1n) is 6.58. The zero-order valence-electron chi connectivity index (χ0n) is 11.5. The summed E-state index contributed by atoms with van der Waals surface area (Å²) in [5.74, 6) is 1.06. The summed E-state index contributed by atoms with van der Waals surface area (Å²) in [4.78, 5) is 4.64. The topological polar surface area (TPSA) is 24.4 Å². The molecule has 1 aromatic rings. The maximum Gasteiger partial charge on any atom is 0.161 e. The molecular weight excluding hydrogens is 335 g/mol. The first kappa shape index (κ1) is 16.3. The molecule has 1 aliphatic heterocycles. The molecule has 0 bridgehead atoms. The van der Waals surface area contributed by atoms with Gasteiger partial charge in [0.05, 0.1) is 15.7 Å². The van der Waals surface area contributed by atoms with Crippen molar-refractivity contribution in [3.05, 3.63) is 27.2 Å². The maximum absolute atomic E-state index is 6.17. The molecule has 1 N–H and O–H groups in total. The predicted octanol–water partition coefficient (Wildman–Crippen LogP) is 5.97. The Bertz CT molecular complexity index is 504. The third-order valence-corrected chi connectivity index (χ3v) is 5.89. The number of anilines is 1. The first-order chi connectivity index (χ1) is 9.49. The highest BCUT2D eigenvalue weighted by Gasteiger charge is 2.30. The molecule has 1 aliphatic rings. The van der Waals surface area contributed by atoms with Gasteiger partial charge in [-0.25, -0.2) is 0 Å². The van der Waals surface area contributed by atoms with Crippen LogP contribution in [0.4, 0.5) is 5.69 Å². The number of benzene rings is 1. The highest BCUT2D eigenvalue weighted by atomic mass is 35.5. The van der Waals surface area contributed by atoms with Gasteiger partial charge in [0, 0.05) is 17.3 Å². The van der Waals surface area contributed by atoms with Crippen LogP contribution in [-0.4, -0.2) is 17.5 Å². The number of nitrogens with one attached hydrogen (secondary N) is 1. The minimum atomic E-state index is 0.323. The van der Waals surface area contributed by atoms with Crippen LogP contribution in [-0.2, 0) is 0 Å². The summed E-state index contributed by atoms with van der Waals surface area (Å²) in [5, 5.41) is 5.63. The van der Waals surface area contributed by atoms with Crippen molar-refractivity contribution in [2.24, 2.45) is 10.4 Å². The van der Waals surface area contributed by atoms with Crippen LogP contribution in [0.5, 0.6) is 0 Å². The molecule has 2 nitrogen and oxygen atoms in total. The minimum absolute atomic E-state index is 0.323. The van der Waals surface area contributed by atoms with Gasteiger partial charge in [0.15, 0.2) is 5.17 Å². The third kappa shape index (κ3) is 3.56. The zero-order valence-corrected chi connectivity index (χ0v) is 14.6. The van der Waals surface area contributed by atoms with Crippen LogP contribution in [0.1, 0.15) is 26.7 Å². The summed E-state index contributed by atoms with van der Waals surface area (Å²) < 4.78 is 0. The molecule has 0 saturated carbocycles. The Hall–Kier alpha value is -0.0900. The fraction of sp³-hybridized carbons (Fsp3) is 0.500. The van der Waals surface area contributed by atoms with Crippen LogP contribution in [0.15, 0.2) is 17.1 Å². The Morgan fingerprint density at radius 1 is 1.20 bits per heavy atom. The van der Waals surface area contributed by atoms with E-state index in [0.29, 0.717) is 26.2 Å². The molecule has 0 radical (unpaired) electrons. The minimum Gasteiger partial charge on any atom is -0.333 e. The maximum atomic E-state index is 6.17. The number of halogens is 3. The lowest BCUT2D eigenvalue weighted by molar-refractivity contribution is 0.318. The Morgan fingerprint density at radius 3 is 2.25 bits per heavy atom. The van der Waals surface area contributed by atoms with E-state index >= 15 is 0 Å². The molecular formula is C14H17Cl3N2S. The van der Waals surface area contributed by atoms with E-state index in [9.17, 15) is 0 Å². The van der Waals surface area contributed by atoms with E-state index in [1.54, 1.807) is 23.9 Å². The van der Waals surface area contributed by atoms with Crippen LogP contribution < -0.4 is 5.32 Å². The molecule has 0 atom stereocenters. The predicted molar refractivity (Wildman–Crippen MR) is 92.9 cm³/mol. The van der Waals surface area contributed by atoms with Gasteiger partial charge in [0.25, 0.3) is 0 Å². The van der Waals surface area contributed by atoms with Gasteiger partial charge in [0.2, 0.25) is 0 Å². The molecule has 0 aromatic heterocycles. The van der Waals surface area contributed by atoms with Gasteiger partial charge < -0.3 is 5.32 Å². The number of hydrogen-bond acceptors (Lipinski definition) is 3. The van der Waals surface area contributed by atoms with Crippen molar-refractivity contribution in [2.75, 3.05) is 17.6 Å². The summed E-state index contributed by atoms with van der Waals surface area (Å²) in [6.07, 6.45) is 2.30. The molecule has 0 amide bonds. The van der Waals surface area contributed by atoms with Gasteiger partial charge >= 0.3 is 0 Å². The van der Waals surface area contributed by atoms with E-state index in [0.717, 1.165) is 30.3 Å². The van der Waals surface area contributed by atoms with Crippen molar-refractivity contribution >= 4 is 57.4 Å². The van der Waals surface area contributed by atoms with E-state index in [2.05, 4.69) is 24.2 Å². The Kier molecular flexibility index (Phi) is 5.52. The lowest BCUT2D eigenvalue weighted by Gasteiger charge is -2.33.